The van der Waals surface area contributed by atoms with Gasteiger partial charge in [-0.15, -0.1) is 0 Å². The molecule has 5 atom stereocenters. The lowest BCUT2D eigenvalue weighted by molar-refractivity contribution is -0.268. The van der Waals surface area contributed by atoms with E-state index < -0.39 is 30.7 Å². The second-order valence-corrected chi connectivity index (χ2v) is 5.30. The minimum atomic E-state index is -1.29. The molecule has 6 nitrogen and oxygen atoms in total. The molecule has 21 heavy (non-hydrogen) atoms. The van der Waals surface area contributed by atoms with Crippen LogP contribution in [-0.2, 0) is 11.2 Å². The Morgan fingerprint density at radius 2 is 1.76 bits per heavy atom. The van der Waals surface area contributed by atoms with E-state index in [2.05, 4.69) is 5.32 Å². The molecule has 0 unspecified atom stereocenters. The largest absolute Gasteiger partial charge is 0.462 e. The summed E-state index contributed by atoms with van der Waals surface area (Å²) in [6.07, 6.45) is -4.39. The lowest BCUT2D eigenvalue weighted by Gasteiger charge is -2.38. The molecule has 0 aromatic heterocycles. The third kappa shape index (κ3) is 3.93. The zero-order valence-corrected chi connectivity index (χ0v) is 12.3. The van der Waals surface area contributed by atoms with Crippen LogP contribution in [0, 0.1) is 0 Å². The lowest BCUT2D eigenvalue weighted by atomic mass is 10.00. The monoisotopic (exact) mass is 297 g/mol. The van der Waals surface area contributed by atoms with Gasteiger partial charge in [0.05, 0.1) is 6.10 Å². The molecule has 0 radical (unpaired) electrons. The Balaban J connectivity index is 1.97. The van der Waals surface area contributed by atoms with E-state index in [1.807, 2.05) is 19.2 Å². The zero-order valence-electron chi connectivity index (χ0n) is 12.3. The highest BCUT2D eigenvalue weighted by Gasteiger charge is 2.43. The highest BCUT2D eigenvalue weighted by atomic mass is 16.7. The van der Waals surface area contributed by atoms with Crippen LogP contribution >= 0.6 is 0 Å². The van der Waals surface area contributed by atoms with Crippen LogP contribution in [0.2, 0.25) is 0 Å². The molecule has 2 rings (SSSR count). The molecule has 6 heteroatoms. The zero-order chi connectivity index (χ0) is 15.4. The van der Waals surface area contributed by atoms with Gasteiger partial charge >= 0.3 is 0 Å². The van der Waals surface area contributed by atoms with Gasteiger partial charge in [0, 0.05) is 0 Å². The van der Waals surface area contributed by atoms with Crippen LogP contribution in [0.4, 0.5) is 0 Å². The third-order valence-electron chi connectivity index (χ3n) is 3.65. The summed E-state index contributed by atoms with van der Waals surface area (Å²) in [5.41, 5.74) is 1.17. The predicted molar refractivity (Wildman–Crippen MR) is 77.1 cm³/mol. The van der Waals surface area contributed by atoms with Crippen molar-refractivity contribution in [2.75, 3.05) is 13.6 Å². The van der Waals surface area contributed by atoms with Crippen molar-refractivity contribution in [2.45, 2.75) is 44.1 Å². The topological polar surface area (TPSA) is 91.2 Å². The summed E-state index contributed by atoms with van der Waals surface area (Å²) in [5, 5.41) is 32.3. The Hall–Kier alpha value is -1.18. The number of hydrogen-bond acceptors (Lipinski definition) is 6. The van der Waals surface area contributed by atoms with Crippen molar-refractivity contribution in [3.63, 3.8) is 0 Å². The molecule has 0 bridgehead atoms. The fraction of sp³-hybridized carbons (Fsp3) is 0.600. The number of aliphatic hydroxyl groups excluding tert-OH is 3. The lowest BCUT2D eigenvalue weighted by Crippen LogP contribution is -2.58. The van der Waals surface area contributed by atoms with Crippen molar-refractivity contribution < 1.29 is 24.8 Å². The summed E-state index contributed by atoms with van der Waals surface area (Å²) in [6.45, 7) is 2.52. The van der Waals surface area contributed by atoms with Crippen molar-refractivity contribution >= 4 is 0 Å². The quantitative estimate of drug-likeness (QED) is 0.594. The van der Waals surface area contributed by atoms with Gasteiger partial charge in [0.25, 0.3) is 0 Å². The normalized spacial score (nSPS) is 32.9. The fourth-order valence-corrected chi connectivity index (χ4v) is 2.25. The first kappa shape index (κ1) is 16.2. The summed E-state index contributed by atoms with van der Waals surface area (Å²) in [6, 6.07) is 7.47. The molecule has 1 aromatic carbocycles. The summed E-state index contributed by atoms with van der Waals surface area (Å²) < 4.78 is 10.9. The van der Waals surface area contributed by atoms with E-state index in [0.29, 0.717) is 5.75 Å². The second-order valence-electron chi connectivity index (χ2n) is 5.30. The van der Waals surface area contributed by atoms with E-state index in [1.54, 1.807) is 19.1 Å². The fourth-order valence-electron chi connectivity index (χ4n) is 2.25. The van der Waals surface area contributed by atoms with Crippen LogP contribution < -0.4 is 10.1 Å². The van der Waals surface area contributed by atoms with Crippen molar-refractivity contribution in [1.29, 1.82) is 0 Å². The molecule has 0 aliphatic carbocycles. The van der Waals surface area contributed by atoms with Gasteiger partial charge in [0.2, 0.25) is 6.29 Å². The molecule has 118 valence electrons. The molecule has 1 aromatic rings. The maximum atomic E-state index is 9.89. The van der Waals surface area contributed by atoms with E-state index in [9.17, 15) is 15.3 Å². The maximum Gasteiger partial charge on any atom is 0.229 e. The van der Waals surface area contributed by atoms with Crippen LogP contribution in [0.5, 0.6) is 5.75 Å². The van der Waals surface area contributed by atoms with Crippen molar-refractivity contribution in [1.82, 2.24) is 5.32 Å². The van der Waals surface area contributed by atoms with E-state index in [-0.39, 0.29) is 0 Å². The number of benzene rings is 1. The first-order valence-electron chi connectivity index (χ1n) is 7.12. The van der Waals surface area contributed by atoms with Crippen LogP contribution in [-0.4, -0.2) is 59.6 Å². The molecular weight excluding hydrogens is 274 g/mol. The molecule has 4 N–H and O–H groups in total. The molecule has 0 amide bonds. The van der Waals surface area contributed by atoms with Crippen molar-refractivity contribution in [3.8, 4) is 5.75 Å². The summed E-state index contributed by atoms with van der Waals surface area (Å²) in [4.78, 5) is 0. The average molecular weight is 297 g/mol. The minimum absolute atomic E-state index is 0.544. The smallest absolute Gasteiger partial charge is 0.229 e. The summed E-state index contributed by atoms with van der Waals surface area (Å²) in [7, 11) is 1.90. The van der Waals surface area contributed by atoms with E-state index in [0.717, 1.165) is 13.0 Å². The SMILES string of the molecule is CNCCc1ccc(O[C@@H]2O[C@H](C)[C@@H](O)[C@@H](O)[C@H]2O)cc1. The molecule has 0 spiro atoms. The van der Waals surface area contributed by atoms with Gasteiger partial charge in [-0.1, -0.05) is 12.1 Å². The molecule has 0 saturated carbocycles. The summed E-state index contributed by atoms with van der Waals surface area (Å²) >= 11 is 0. The second kappa shape index (κ2) is 7.20. The highest BCUT2D eigenvalue weighted by molar-refractivity contribution is 5.27. The van der Waals surface area contributed by atoms with Gasteiger partial charge in [0.1, 0.15) is 24.1 Å². The Labute approximate surface area is 124 Å². The highest BCUT2D eigenvalue weighted by Crippen LogP contribution is 2.24. The number of nitrogens with one attached hydrogen (secondary N) is 1. The number of rotatable bonds is 5. The van der Waals surface area contributed by atoms with Gasteiger partial charge in [-0.05, 0) is 44.6 Å². The molecule has 1 aliphatic heterocycles. The molecule has 1 saturated heterocycles. The number of hydrogen-bond donors (Lipinski definition) is 4. The number of ether oxygens (including phenoxy) is 2. The van der Waals surface area contributed by atoms with Gasteiger partial charge in [-0.25, -0.2) is 0 Å². The van der Waals surface area contributed by atoms with Gasteiger partial charge < -0.3 is 30.1 Å². The average Bonchev–Trinajstić information content (AvgIpc) is 2.50. The molecule has 1 heterocycles. The van der Waals surface area contributed by atoms with Gasteiger partial charge in [-0.3, -0.25) is 0 Å². The van der Waals surface area contributed by atoms with Crippen LogP contribution in [0.15, 0.2) is 24.3 Å². The molecular formula is C15H23NO5. The van der Waals surface area contributed by atoms with Crippen molar-refractivity contribution in [2.24, 2.45) is 0 Å². The van der Waals surface area contributed by atoms with E-state index >= 15 is 0 Å². The predicted octanol–water partition coefficient (Wildman–Crippen LogP) is -0.345. The first-order chi connectivity index (χ1) is 10.0. The number of likely N-dealkylation sites (N-methyl/N-ethyl adjacent to an activating group) is 1. The standard InChI is InChI=1S/C15H23NO5/c1-9-12(17)13(18)14(19)15(20-9)21-11-5-3-10(4-6-11)7-8-16-2/h3-6,9,12-19H,7-8H2,1-2H3/t9-,12-,13-,14-,15+/m1/s1. The first-order valence-corrected chi connectivity index (χ1v) is 7.12. The Bertz CT molecular complexity index is 438. The van der Waals surface area contributed by atoms with E-state index in [1.165, 1.54) is 5.56 Å². The van der Waals surface area contributed by atoms with E-state index in [4.69, 9.17) is 9.47 Å². The van der Waals surface area contributed by atoms with Gasteiger partial charge in [-0.2, -0.15) is 0 Å². The Morgan fingerprint density at radius 1 is 1.10 bits per heavy atom. The maximum absolute atomic E-state index is 9.89. The molecule has 1 aliphatic rings. The minimum Gasteiger partial charge on any atom is -0.462 e. The Kier molecular flexibility index (Phi) is 5.55. The third-order valence-corrected chi connectivity index (χ3v) is 3.65. The molecule has 1 fully saturated rings. The Morgan fingerprint density at radius 3 is 2.38 bits per heavy atom. The van der Waals surface area contributed by atoms with Gasteiger partial charge in [0.15, 0.2) is 0 Å². The number of aliphatic hydroxyl groups is 3. The summed E-state index contributed by atoms with van der Waals surface area (Å²) in [5.74, 6) is 0.544. The van der Waals surface area contributed by atoms with Crippen LogP contribution in [0.25, 0.3) is 0 Å². The van der Waals surface area contributed by atoms with Crippen LogP contribution in [0.3, 0.4) is 0 Å². The van der Waals surface area contributed by atoms with Crippen molar-refractivity contribution in [3.05, 3.63) is 29.8 Å². The van der Waals surface area contributed by atoms with Crippen LogP contribution in [0.1, 0.15) is 12.5 Å².